The van der Waals surface area contributed by atoms with Crippen molar-refractivity contribution < 1.29 is 14.6 Å². The molecule has 0 amide bonds. The molecule has 0 spiro atoms. The van der Waals surface area contributed by atoms with E-state index in [2.05, 4.69) is 25.0 Å². The van der Waals surface area contributed by atoms with Crippen LogP contribution in [0.2, 0.25) is 0 Å². The van der Waals surface area contributed by atoms with Gasteiger partial charge >= 0.3 is 0 Å². The third-order valence-corrected chi connectivity index (χ3v) is 3.49. The lowest BCUT2D eigenvalue weighted by Crippen LogP contribution is -2.22. The molecule has 2 aromatic rings. The number of nitrogens with two attached hydrogens (primary N) is 1. The molecule has 0 aliphatic carbocycles. The maximum Gasteiger partial charge on any atom is 0.246 e. The van der Waals surface area contributed by atoms with Gasteiger partial charge in [-0.1, -0.05) is 5.11 Å². The van der Waals surface area contributed by atoms with E-state index in [0.717, 1.165) is 0 Å². The van der Waals surface area contributed by atoms with Crippen molar-refractivity contribution in [2.45, 2.75) is 24.8 Å². The first-order valence-electron chi connectivity index (χ1n) is 6.52. The van der Waals surface area contributed by atoms with Crippen LogP contribution in [-0.2, 0) is 4.74 Å². The van der Waals surface area contributed by atoms with Crippen LogP contribution in [-0.4, -0.2) is 50.5 Å². The van der Waals surface area contributed by atoms with Gasteiger partial charge < -0.3 is 20.3 Å². The molecule has 11 nitrogen and oxygen atoms in total. The number of aliphatic hydroxyl groups is 1. The average molecular weight is 306 g/mol. The summed E-state index contributed by atoms with van der Waals surface area (Å²) in [7, 11) is 1.46. The predicted molar refractivity (Wildman–Crippen MR) is 74.8 cm³/mol. The van der Waals surface area contributed by atoms with E-state index in [1.54, 1.807) is 4.57 Å². The molecule has 11 heteroatoms. The molecule has 0 radical (unpaired) electrons. The minimum absolute atomic E-state index is 0.0504. The van der Waals surface area contributed by atoms with Gasteiger partial charge in [0.25, 0.3) is 0 Å². The fourth-order valence-corrected chi connectivity index (χ4v) is 2.50. The van der Waals surface area contributed by atoms with Gasteiger partial charge in [0.15, 0.2) is 11.2 Å². The fraction of sp³-hybridized carbons (Fsp3) is 0.545. The quantitative estimate of drug-likeness (QED) is 0.469. The third-order valence-electron chi connectivity index (χ3n) is 3.49. The molecule has 0 saturated carbocycles. The van der Waals surface area contributed by atoms with Crippen molar-refractivity contribution in [1.29, 1.82) is 0 Å². The van der Waals surface area contributed by atoms with E-state index in [1.165, 1.54) is 13.4 Å². The van der Waals surface area contributed by atoms with E-state index in [-0.39, 0.29) is 18.4 Å². The lowest BCUT2D eigenvalue weighted by molar-refractivity contribution is -0.0232. The smallest absolute Gasteiger partial charge is 0.246 e. The summed E-state index contributed by atoms with van der Waals surface area (Å²) in [5, 5.41) is 13.0. The number of rotatable bonds is 4. The molecular formula is C11H14N8O3. The van der Waals surface area contributed by atoms with E-state index < -0.39 is 18.4 Å². The van der Waals surface area contributed by atoms with Crippen molar-refractivity contribution in [3.63, 3.8) is 0 Å². The Morgan fingerprint density at radius 2 is 2.45 bits per heavy atom. The first-order chi connectivity index (χ1) is 10.7. The summed E-state index contributed by atoms with van der Waals surface area (Å²) in [6.07, 6.45) is 0.877. The highest BCUT2D eigenvalue weighted by molar-refractivity contribution is 5.77. The van der Waals surface area contributed by atoms with E-state index in [4.69, 9.17) is 20.7 Å². The van der Waals surface area contributed by atoms with Crippen LogP contribution >= 0.6 is 0 Å². The Balaban J connectivity index is 2.01. The molecular weight excluding hydrogens is 292 g/mol. The second-order valence-electron chi connectivity index (χ2n) is 4.73. The van der Waals surface area contributed by atoms with Crippen LogP contribution in [0.3, 0.4) is 0 Å². The van der Waals surface area contributed by atoms with Crippen LogP contribution in [0.5, 0.6) is 5.88 Å². The molecule has 3 rings (SSSR count). The largest absolute Gasteiger partial charge is 0.479 e. The molecule has 3 heterocycles. The molecule has 22 heavy (non-hydrogen) atoms. The second kappa shape index (κ2) is 5.64. The van der Waals surface area contributed by atoms with Gasteiger partial charge in [-0.2, -0.15) is 9.97 Å². The van der Waals surface area contributed by atoms with Crippen molar-refractivity contribution in [1.82, 2.24) is 19.5 Å². The topological polar surface area (TPSA) is 157 Å². The number of imidazole rings is 1. The van der Waals surface area contributed by atoms with Gasteiger partial charge in [-0.05, 0) is 5.53 Å². The summed E-state index contributed by atoms with van der Waals surface area (Å²) in [6, 6.07) is -0.460. The first kappa shape index (κ1) is 14.3. The van der Waals surface area contributed by atoms with Crippen molar-refractivity contribution in [3.8, 4) is 5.88 Å². The molecule has 1 fully saturated rings. The molecule has 3 atom stereocenters. The Kier molecular flexibility index (Phi) is 3.67. The van der Waals surface area contributed by atoms with Crippen LogP contribution in [0.4, 0.5) is 5.95 Å². The summed E-state index contributed by atoms with van der Waals surface area (Å²) in [6.45, 7) is -0.243. The van der Waals surface area contributed by atoms with Crippen molar-refractivity contribution >= 4 is 17.1 Å². The van der Waals surface area contributed by atoms with Crippen LogP contribution in [0.15, 0.2) is 11.4 Å². The Morgan fingerprint density at radius 3 is 3.14 bits per heavy atom. The van der Waals surface area contributed by atoms with Crippen molar-refractivity contribution in [2.75, 3.05) is 19.5 Å². The molecule has 3 N–H and O–H groups in total. The van der Waals surface area contributed by atoms with Gasteiger partial charge in [0.05, 0.1) is 32.2 Å². The number of hydrogen-bond donors (Lipinski definition) is 2. The highest BCUT2D eigenvalue weighted by Crippen LogP contribution is 2.33. The molecule has 2 aromatic heterocycles. The zero-order chi connectivity index (χ0) is 15.7. The van der Waals surface area contributed by atoms with E-state index in [0.29, 0.717) is 17.6 Å². The number of anilines is 1. The molecule has 1 aliphatic rings. The molecule has 1 aliphatic heterocycles. The molecule has 0 aromatic carbocycles. The molecule has 116 valence electrons. The average Bonchev–Trinajstić information content (AvgIpc) is 3.10. The number of aliphatic hydroxyl groups excluding tert-OH is 1. The zero-order valence-electron chi connectivity index (χ0n) is 11.7. The van der Waals surface area contributed by atoms with Crippen LogP contribution < -0.4 is 10.5 Å². The Bertz CT molecular complexity index is 740. The summed E-state index contributed by atoms with van der Waals surface area (Å²) in [5.74, 6) is 0.318. The van der Waals surface area contributed by atoms with Gasteiger partial charge in [0, 0.05) is 11.3 Å². The third kappa shape index (κ3) is 2.26. The zero-order valence-corrected chi connectivity index (χ0v) is 11.7. The number of hydrogen-bond acceptors (Lipinski definition) is 8. The van der Waals surface area contributed by atoms with Gasteiger partial charge in [-0.15, -0.1) is 0 Å². The maximum atomic E-state index is 9.32. The number of aromatic nitrogens is 4. The van der Waals surface area contributed by atoms with Gasteiger partial charge in [-0.3, -0.25) is 4.57 Å². The molecule has 0 bridgehead atoms. The number of nitrogens with zero attached hydrogens (tertiary/aromatic N) is 7. The van der Waals surface area contributed by atoms with E-state index in [9.17, 15) is 5.11 Å². The Hall–Kier alpha value is -2.62. The maximum absolute atomic E-state index is 9.32. The Labute approximate surface area is 124 Å². The standard InChI is InChI=1S/C11H14N8O3/c1-21-10-8-9(15-11(12)16-10)19(4-14-8)7-2-5(17-18-13)6(3-20)22-7/h4-7,20H,2-3H2,1H3,(H2,12,15,16)/t5?,6-,7-/m1/s1. The lowest BCUT2D eigenvalue weighted by atomic mass is 10.1. The highest BCUT2D eigenvalue weighted by atomic mass is 16.5. The molecule has 1 saturated heterocycles. The fourth-order valence-electron chi connectivity index (χ4n) is 2.50. The van der Waals surface area contributed by atoms with Gasteiger partial charge in [0.1, 0.15) is 6.23 Å². The summed E-state index contributed by atoms with van der Waals surface area (Å²) < 4.78 is 12.5. The van der Waals surface area contributed by atoms with Crippen LogP contribution in [0.1, 0.15) is 12.6 Å². The van der Waals surface area contributed by atoms with Gasteiger partial charge in [-0.25, -0.2) is 4.98 Å². The monoisotopic (exact) mass is 306 g/mol. The number of nitrogen functional groups attached to an aromatic ring is 1. The number of methoxy groups -OCH3 is 1. The van der Waals surface area contributed by atoms with Crippen molar-refractivity contribution in [3.05, 3.63) is 16.8 Å². The van der Waals surface area contributed by atoms with E-state index in [1.807, 2.05) is 0 Å². The molecule has 1 unspecified atom stereocenters. The minimum Gasteiger partial charge on any atom is -0.479 e. The highest BCUT2D eigenvalue weighted by Gasteiger charge is 2.36. The van der Waals surface area contributed by atoms with Crippen molar-refractivity contribution in [2.24, 2.45) is 5.11 Å². The van der Waals surface area contributed by atoms with Crippen LogP contribution in [0, 0.1) is 0 Å². The number of ether oxygens (including phenoxy) is 2. The normalized spacial score (nSPS) is 24.4. The number of azide groups is 1. The minimum atomic E-state index is -0.570. The SMILES string of the molecule is COc1nc(N)nc2c1ncn2[C@H]1CC(N=[N+]=[N-])[C@@H](CO)O1. The first-order valence-corrected chi connectivity index (χ1v) is 6.52. The second-order valence-corrected chi connectivity index (χ2v) is 4.73. The Morgan fingerprint density at radius 1 is 1.64 bits per heavy atom. The predicted octanol–water partition coefficient (Wildman–Crippen LogP) is 0.376. The van der Waals surface area contributed by atoms with E-state index >= 15 is 0 Å². The summed E-state index contributed by atoms with van der Waals surface area (Å²) >= 11 is 0. The lowest BCUT2D eigenvalue weighted by Gasteiger charge is -2.14. The summed E-state index contributed by atoms with van der Waals surface area (Å²) in [5.41, 5.74) is 15.1. The van der Waals surface area contributed by atoms with Gasteiger partial charge in [0.2, 0.25) is 11.8 Å². The summed E-state index contributed by atoms with van der Waals surface area (Å²) in [4.78, 5) is 15.1. The van der Waals surface area contributed by atoms with Crippen LogP contribution in [0.25, 0.3) is 21.6 Å². The number of fused-ring (bicyclic) bond motifs is 1.